The highest BCUT2D eigenvalue weighted by Crippen LogP contribution is 2.32. The summed E-state index contributed by atoms with van der Waals surface area (Å²) in [5.74, 6) is 0.408. The summed E-state index contributed by atoms with van der Waals surface area (Å²) in [4.78, 5) is 0. The lowest BCUT2D eigenvalue weighted by Gasteiger charge is -2.20. The van der Waals surface area contributed by atoms with Gasteiger partial charge < -0.3 is 5.73 Å². The van der Waals surface area contributed by atoms with Gasteiger partial charge in [0, 0.05) is 6.04 Å². The summed E-state index contributed by atoms with van der Waals surface area (Å²) in [5.41, 5.74) is 7.01. The number of hydrogen-bond acceptors (Lipinski definition) is 1. The predicted octanol–water partition coefficient (Wildman–Crippen LogP) is 4.04. The Bertz CT molecular complexity index is 312. The SMILES string of the molecule is CCC(C)C(N)c1cccc(Cl)c1Cl. The summed E-state index contributed by atoms with van der Waals surface area (Å²) in [6.45, 7) is 4.23. The number of benzene rings is 1. The molecule has 78 valence electrons. The van der Waals surface area contributed by atoms with Gasteiger partial charge in [-0.05, 0) is 17.5 Å². The van der Waals surface area contributed by atoms with Crippen molar-refractivity contribution in [3.63, 3.8) is 0 Å². The van der Waals surface area contributed by atoms with Gasteiger partial charge in [0.05, 0.1) is 10.0 Å². The summed E-state index contributed by atoms with van der Waals surface area (Å²) in [6, 6.07) is 5.55. The minimum atomic E-state index is -0.0359. The van der Waals surface area contributed by atoms with Gasteiger partial charge in [-0.15, -0.1) is 0 Å². The molecule has 3 heteroatoms. The van der Waals surface area contributed by atoms with Crippen LogP contribution in [0.1, 0.15) is 31.9 Å². The van der Waals surface area contributed by atoms with Crippen molar-refractivity contribution < 1.29 is 0 Å². The minimum absolute atomic E-state index is 0.0359. The largest absolute Gasteiger partial charge is 0.324 e. The van der Waals surface area contributed by atoms with Crippen LogP contribution in [0, 0.1) is 5.92 Å². The van der Waals surface area contributed by atoms with Crippen molar-refractivity contribution >= 4 is 23.2 Å². The van der Waals surface area contributed by atoms with Gasteiger partial charge in [-0.1, -0.05) is 55.6 Å². The Hall–Kier alpha value is -0.240. The molecule has 1 rings (SSSR count). The van der Waals surface area contributed by atoms with E-state index in [0.29, 0.717) is 16.0 Å². The fourth-order valence-electron chi connectivity index (χ4n) is 1.34. The Labute approximate surface area is 95.2 Å². The molecule has 0 aromatic heterocycles. The zero-order valence-electron chi connectivity index (χ0n) is 8.43. The molecule has 14 heavy (non-hydrogen) atoms. The van der Waals surface area contributed by atoms with Gasteiger partial charge >= 0.3 is 0 Å². The maximum absolute atomic E-state index is 6.08. The first-order chi connectivity index (χ1) is 6.57. The van der Waals surface area contributed by atoms with Gasteiger partial charge in [-0.2, -0.15) is 0 Å². The molecule has 0 amide bonds. The van der Waals surface area contributed by atoms with Crippen molar-refractivity contribution in [2.24, 2.45) is 11.7 Å². The minimum Gasteiger partial charge on any atom is -0.324 e. The van der Waals surface area contributed by atoms with E-state index in [1.165, 1.54) is 0 Å². The third-order valence-corrected chi connectivity index (χ3v) is 3.43. The second-order valence-corrected chi connectivity index (χ2v) is 4.34. The van der Waals surface area contributed by atoms with Crippen LogP contribution < -0.4 is 5.73 Å². The quantitative estimate of drug-likeness (QED) is 0.836. The van der Waals surface area contributed by atoms with Crippen LogP contribution in [0.3, 0.4) is 0 Å². The Morgan fingerprint density at radius 3 is 2.57 bits per heavy atom. The van der Waals surface area contributed by atoms with E-state index >= 15 is 0 Å². The third-order valence-electron chi connectivity index (χ3n) is 2.60. The summed E-state index contributed by atoms with van der Waals surface area (Å²) >= 11 is 12.0. The molecular formula is C11H15Cl2N. The highest BCUT2D eigenvalue weighted by molar-refractivity contribution is 6.42. The van der Waals surface area contributed by atoms with Crippen molar-refractivity contribution in [1.82, 2.24) is 0 Å². The second kappa shape index (κ2) is 5.01. The highest BCUT2D eigenvalue weighted by Gasteiger charge is 2.16. The predicted molar refractivity (Wildman–Crippen MR) is 62.8 cm³/mol. The summed E-state index contributed by atoms with van der Waals surface area (Å²) in [5, 5.41) is 1.16. The Kier molecular flexibility index (Phi) is 4.24. The van der Waals surface area contributed by atoms with Crippen LogP contribution in [0.25, 0.3) is 0 Å². The van der Waals surface area contributed by atoms with E-state index < -0.39 is 0 Å². The molecule has 0 saturated carbocycles. The Morgan fingerprint density at radius 2 is 2.00 bits per heavy atom. The van der Waals surface area contributed by atoms with E-state index in [1.54, 1.807) is 6.07 Å². The number of rotatable bonds is 3. The highest BCUT2D eigenvalue weighted by atomic mass is 35.5. The molecule has 0 bridgehead atoms. The monoisotopic (exact) mass is 231 g/mol. The molecule has 2 N–H and O–H groups in total. The van der Waals surface area contributed by atoms with Crippen molar-refractivity contribution in [3.8, 4) is 0 Å². The molecule has 0 fully saturated rings. The normalized spacial score (nSPS) is 15.2. The lowest BCUT2D eigenvalue weighted by molar-refractivity contribution is 0.457. The van der Waals surface area contributed by atoms with Crippen LogP contribution in [0.2, 0.25) is 10.0 Å². The molecule has 2 atom stereocenters. The summed E-state index contributed by atoms with van der Waals surface area (Å²) < 4.78 is 0. The topological polar surface area (TPSA) is 26.0 Å². The van der Waals surface area contributed by atoms with Gasteiger partial charge in [-0.3, -0.25) is 0 Å². The molecule has 0 aliphatic rings. The first-order valence-corrected chi connectivity index (χ1v) is 5.53. The smallest absolute Gasteiger partial charge is 0.0640 e. The maximum atomic E-state index is 6.08. The molecule has 0 aliphatic carbocycles. The number of hydrogen-bond donors (Lipinski definition) is 1. The molecule has 1 aromatic carbocycles. The zero-order chi connectivity index (χ0) is 10.7. The van der Waals surface area contributed by atoms with Gasteiger partial charge in [0.15, 0.2) is 0 Å². The Balaban J connectivity index is 3.01. The van der Waals surface area contributed by atoms with E-state index in [0.717, 1.165) is 12.0 Å². The number of nitrogens with two attached hydrogens (primary N) is 1. The zero-order valence-corrected chi connectivity index (χ0v) is 9.94. The van der Waals surface area contributed by atoms with E-state index in [2.05, 4.69) is 13.8 Å². The first-order valence-electron chi connectivity index (χ1n) is 4.77. The average molecular weight is 232 g/mol. The van der Waals surface area contributed by atoms with Crippen LogP contribution in [0.4, 0.5) is 0 Å². The second-order valence-electron chi connectivity index (χ2n) is 3.55. The van der Waals surface area contributed by atoms with E-state index in [1.807, 2.05) is 12.1 Å². The van der Waals surface area contributed by atoms with E-state index in [-0.39, 0.29) is 6.04 Å². The van der Waals surface area contributed by atoms with Crippen LogP contribution in [0.5, 0.6) is 0 Å². The van der Waals surface area contributed by atoms with Gasteiger partial charge in [0.25, 0.3) is 0 Å². The van der Waals surface area contributed by atoms with Crippen molar-refractivity contribution in [2.45, 2.75) is 26.3 Å². The number of halogens is 2. The molecule has 0 radical (unpaired) electrons. The average Bonchev–Trinajstić information content (AvgIpc) is 2.20. The maximum Gasteiger partial charge on any atom is 0.0640 e. The van der Waals surface area contributed by atoms with Crippen molar-refractivity contribution in [1.29, 1.82) is 0 Å². The Morgan fingerprint density at radius 1 is 1.36 bits per heavy atom. The van der Waals surface area contributed by atoms with Crippen molar-refractivity contribution in [3.05, 3.63) is 33.8 Å². The fourth-order valence-corrected chi connectivity index (χ4v) is 1.77. The molecule has 2 unspecified atom stereocenters. The van der Waals surface area contributed by atoms with Gasteiger partial charge in [0.1, 0.15) is 0 Å². The standard InChI is InChI=1S/C11H15Cl2N/c1-3-7(2)11(14)8-5-4-6-9(12)10(8)13/h4-7,11H,3,14H2,1-2H3. The lowest BCUT2D eigenvalue weighted by atomic mass is 9.93. The molecule has 1 aromatic rings. The fraction of sp³-hybridized carbons (Fsp3) is 0.455. The summed E-state index contributed by atoms with van der Waals surface area (Å²) in [7, 11) is 0. The van der Waals surface area contributed by atoms with E-state index in [9.17, 15) is 0 Å². The van der Waals surface area contributed by atoms with Crippen LogP contribution in [-0.4, -0.2) is 0 Å². The lowest BCUT2D eigenvalue weighted by Crippen LogP contribution is -2.18. The first kappa shape index (κ1) is 11.8. The van der Waals surface area contributed by atoms with E-state index in [4.69, 9.17) is 28.9 Å². The molecule has 1 nitrogen and oxygen atoms in total. The molecule has 0 spiro atoms. The summed E-state index contributed by atoms with van der Waals surface area (Å²) in [6.07, 6.45) is 1.03. The van der Waals surface area contributed by atoms with Gasteiger partial charge in [0.2, 0.25) is 0 Å². The molecule has 0 aliphatic heterocycles. The molecule has 0 heterocycles. The van der Waals surface area contributed by atoms with Crippen LogP contribution in [0.15, 0.2) is 18.2 Å². The molecular weight excluding hydrogens is 217 g/mol. The third kappa shape index (κ3) is 2.41. The van der Waals surface area contributed by atoms with Crippen molar-refractivity contribution in [2.75, 3.05) is 0 Å². The van der Waals surface area contributed by atoms with Crippen LogP contribution >= 0.6 is 23.2 Å². The van der Waals surface area contributed by atoms with Crippen LogP contribution in [-0.2, 0) is 0 Å². The molecule has 0 saturated heterocycles. The van der Waals surface area contributed by atoms with Gasteiger partial charge in [-0.25, -0.2) is 0 Å².